The summed E-state index contributed by atoms with van der Waals surface area (Å²) < 4.78 is 45.5. The van der Waals surface area contributed by atoms with Crippen molar-refractivity contribution in [2.75, 3.05) is 18.0 Å². The molecule has 0 amide bonds. The Bertz CT molecular complexity index is 1520. The Labute approximate surface area is 203 Å². The molecule has 4 aromatic rings. The van der Waals surface area contributed by atoms with Gasteiger partial charge in [0.05, 0.1) is 15.9 Å². The monoisotopic (exact) mass is 519 g/mol. The highest BCUT2D eigenvalue weighted by atomic mass is 32.1. The number of benzene rings is 1. The predicted molar refractivity (Wildman–Crippen MR) is 122 cm³/mol. The average molecular weight is 519 g/mol. The van der Waals surface area contributed by atoms with Gasteiger partial charge >= 0.3 is 6.18 Å². The minimum atomic E-state index is -4.85. The third-order valence-electron chi connectivity index (χ3n) is 5.94. The van der Waals surface area contributed by atoms with Crippen molar-refractivity contribution in [2.24, 2.45) is 0 Å². The number of alkyl halides is 3. The van der Waals surface area contributed by atoms with Gasteiger partial charge in [0.2, 0.25) is 17.5 Å². The lowest BCUT2D eigenvalue weighted by atomic mass is 9.97. The third-order valence-corrected chi connectivity index (χ3v) is 7.09. The molecule has 1 fully saturated rings. The molecule has 0 aliphatic carbocycles. The highest BCUT2D eigenvalue weighted by molar-refractivity contribution is 7.22. The molecule has 0 saturated carbocycles. The number of piperidine rings is 1. The number of hydrogen-bond acceptors (Lipinski definition) is 11. The Hall–Kier alpha value is -4.01. The van der Waals surface area contributed by atoms with E-state index in [-0.39, 0.29) is 21.6 Å². The maximum absolute atomic E-state index is 13.4. The molecule has 15 heteroatoms. The molecule has 0 radical (unpaired) electrons. The fourth-order valence-electron chi connectivity index (χ4n) is 4.14. The van der Waals surface area contributed by atoms with Crippen molar-refractivity contribution in [3.63, 3.8) is 0 Å². The number of nitrogens with zero attached hydrogens (tertiary/aromatic N) is 7. The summed E-state index contributed by atoms with van der Waals surface area (Å²) in [6.07, 6.45) is -0.594. The summed E-state index contributed by atoms with van der Waals surface area (Å²) in [4.78, 5) is 41.7. The number of nitro benzene ring substituents is 1. The van der Waals surface area contributed by atoms with E-state index >= 15 is 0 Å². The molecule has 36 heavy (non-hydrogen) atoms. The number of hydrogen-bond donors (Lipinski definition) is 0. The van der Waals surface area contributed by atoms with Gasteiger partial charge in [0.1, 0.15) is 4.70 Å². The number of fused-ring (bicyclic) bond motifs is 1. The summed E-state index contributed by atoms with van der Waals surface area (Å²) in [5.41, 5.74) is -3.44. The Morgan fingerprint density at radius 1 is 1.17 bits per heavy atom. The second-order valence-corrected chi connectivity index (χ2v) is 9.10. The summed E-state index contributed by atoms with van der Waals surface area (Å²) in [6, 6.07) is 2.31. The fourth-order valence-corrected chi connectivity index (χ4v) is 5.34. The number of aromatic nitrogens is 5. The first kappa shape index (κ1) is 23.7. The van der Waals surface area contributed by atoms with Crippen LogP contribution in [0.1, 0.15) is 35.8 Å². The molecular formula is C21H16F3N7O4S. The van der Waals surface area contributed by atoms with Crippen molar-refractivity contribution in [3.8, 4) is 11.6 Å². The van der Waals surface area contributed by atoms with E-state index in [1.54, 1.807) is 23.4 Å². The smallest absolute Gasteiger partial charge is 0.348 e. The normalized spacial score (nSPS) is 14.9. The predicted octanol–water partition coefficient (Wildman–Crippen LogP) is 4.12. The topological polar surface area (TPSA) is 141 Å². The van der Waals surface area contributed by atoms with Crippen LogP contribution in [-0.4, -0.2) is 43.1 Å². The van der Waals surface area contributed by atoms with Gasteiger partial charge in [-0.3, -0.25) is 14.9 Å². The first-order valence-electron chi connectivity index (χ1n) is 10.7. The van der Waals surface area contributed by atoms with Crippen LogP contribution in [0.25, 0.3) is 21.7 Å². The first-order valence-corrected chi connectivity index (χ1v) is 11.5. The van der Waals surface area contributed by atoms with Gasteiger partial charge in [0, 0.05) is 37.0 Å². The molecule has 3 aromatic heterocycles. The number of anilines is 1. The largest absolute Gasteiger partial charge is 0.416 e. The molecular weight excluding hydrogens is 503 g/mol. The second kappa shape index (κ2) is 8.89. The van der Waals surface area contributed by atoms with Crippen molar-refractivity contribution < 1.29 is 22.6 Å². The lowest BCUT2D eigenvalue weighted by Gasteiger charge is -2.30. The maximum atomic E-state index is 13.4. The van der Waals surface area contributed by atoms with Crippen molar-refractivity contribution in [1.29, 1.82) is 0 Å². The molecule has 186 valence electrons. The lowest BCUT2D eigenvalue weighted by molar-refractivity contribution is -0.383. The summed E-state index contributed by atoms with van der Waals surface area (Å²) in [5.74, 6) is 0.945. The van der Waals surface area contributed by atoms with Gasteiger partial charge in [0.15, 0.2) is 5.13 Å². The van der Waals surface area contributed by atoms with Crippen LogP contribution in [0.5, 0.6) is 0 Å². The first-order chi connectivity index (χ1) is 17.1. The standard InChI is InChI=1S/C21H16F3N7O4S/c1-10-13(21(22,23)24)9-12-15(14(10)31(33)34)36-20(28-18(12)32)30-7-3-11(4-8-30)19-27-17(29-35-19)16-25-5-2-6-26-16/h2,5-6,9,11H,3-4,7-8H2,1H3. The molecule has 1 aromatic carbocycles. The minimum absolute atomic E-state index is 0.0747. The highest BCUT2D eigenvalue weighted by Crippen LogP contribution is 2.42. The summed E-state index contributed by atoms with van der Waals surface area (Å²) in [7, 11) is 0. The molecule has 0 N–H and O–H groups in total. The van der Waals surface area contributed by atoms with Crippen LogP contribution in [0.15, 0.2) is 33.8 Å². The van der Waals surface area contributed by atoms with E-state index < -0.39 is 38.9 Å². The number of halogens is 3. The fraction of sp³-hybridized carbons (Fsp3) is 0.333. The Kier molecular flexibility index (Phi) is 5.86. The molecule has 1 aliphatic rings. The van der Waals surface area contributed by atoms with Crippen LogP contribution in [0.2, 0.25) is 0 Å². The van der Waals surface area contributed by atoms with E-state index in [0.29, 0.717) is 43.7 Å². The number of nitro groups is 1. The molecule has 4 heterocycles. The summed E-state index contributed by atoms with van der Waals surface area (Å²) in [6.45, 7) is 1.88. The molecule has 0 bridgehead atoms. The number of rotatable bonds is 4. The van der Waals surface area contributed by atoms with Gasteiger partial charge in [-0.05, 0) is 31.9 Å². The van der Waals surface area contributed by atoms with Crippen LogP contribution in [0.3, 0.4) is 0 Å². The molecule has 1 saturated heterocycles. The molecule has 5 rings (SSSR count). The lowest BCUT2D eigenvalue weighted by Crippen LogP contribution is -2.34. The van der Waals surface area contributed by atoms with E-state index in [4.69, 9.17) is 4.52 Å². The molecule has 1 aliphatic heterocycles. The van der Waals surface area contributed by atoms with E-state index in [1.165, 1.54) is 0 Å². The van der Waals surface area contributed by atoms with E-state index in [0.717, 1.165) is 18.3 Å². The molecule has 0 unspecified atom stereocenters. The minimum Gasteiger partial charge on any atom is -0.348 e. The van der Waals surface area contributed by atoms with Crippen LogP contribution < -0.4 is 10.5 Å². The Morgan fingerprint density at radius 3 is 2.50 bits per heavy atom. The van der Waals surface area contributed by atoms with Crippen LogP contribution in [0, 0.1) is 17.0 Å². The van der Waals surface area contributed by atoms with E-state index in [1.807, 2.05) is 0 Å². The quantitative estimate of drug-likeness (QED) is 0.286. The van der Waals surface area contributed by atoms with E-state index in [9.17, 15) is 28.1 Å². The Morgan fingerprint density at radius 2 is 1.86 bits per heavy atom. The SMILES string of the molecule is Cc1c(C(F)(F)F)cc2c(=O)nc(N3CCC(c4nc(-c5ncccn5)no4)CC3)sc2c1[N+](=O)[O-]. The van der Waals surface area contributed by atoms with E-state index in [2.05, 4.69) is 25.1 Å². The zero-order valence-corrected chi connectivity index (χ0v) is 19.3. The second-order valence-electron chi connectivity index (χ2n) is 8.12. The molecule has 11 nitrogen and oxygen atoms in total. The van der Waals surface area contributed by atoms with Crippen LogP contribution >= 0.6 is 11.3 Å². The maximum Gasteiger partial charge on any atom is 0.416 e. The van der Waals surface area contributed by atoms with Gasteiger partial charge in [0.25, 0.3) is 11.2 Å². The van der Waals surface area contributed by atoms with Gasteiger partial charge in [-0.1, -0.05) is 16.5 Å². The van der Waals surface area contributed by atoms with Gasteiger partial charge in [-0.25, -0.2) is 9.97 Å². The van der Waals surface area contributed by atoms with Gasteiger partial charge < -0.3 is 9.42 Å². The van der Waals surface area contributed by atoms with Crippen LogP contribution in [-0.2, 0) is 6.18 Å². The van der Waals surface area contributed by atoms with Crippen LogP contribution in [0.4, 0.5) is 24.0 Å². The molecule has 0 atom stereocenters. The summed E-state index contributed by atoms with van der Waals surface area (Å²) in [5, 5.41) is 15.4. The Balaban J connectivity index is 1.42. The summed E-state index contributed by atoms with van der Waals surface area (Å²) >= 11 is 0.832. The van der Waals surface area contributed by atoms with Crippen molar-refractivity contribution >= 4 is 32.2 Å². The van der Waals surface area contributed by atoms with Crippen molar-refractivity contribution in [2.45, 2.75) is 31.9 Å². The zero-order valence-electron chi connectivity index (χ0n) is 18.5. The van der Waals surface area contributed by atoms with Crippen molar-refractivity contribution in [1.82, 2.24) is 25.1 Å². The average Bonchev–Trinajstić information content (AvgIpc) is 3.34. The highest BCUT2D eigenvalue weighted by Gasteiger charge is 2.38. The van der Waals surface area contributed by atoms with Gasteiger partial charge in [-0.2, -0.15) is 23.1 Å². The molecule has 0 spiro atoms. The van der Waals surface area contributed by atoms with Gasteiger partial charge in [-0.15, -0.1) is 0 Å². The third kappa shape index (κ3) is 4.25. The van der Waals surface area contributed by atoms with Crippen molar-refractivity contribution in [3.05, 3.63) is 62.0 Å². The zero-order chi connectivity index (χ0) is 25.6.